The molecule has 1 aromatic rings. The Morgan fingerprint density at radius 2 is 2.00 bits per heavy atom. The zero-order chi connectivity index (χ0) is 12.8. The van der Waals surface area contributed by atoms with Crippen LogP contribution in [-0.2, 0) is 9.53 Å². The molecule has 0 fully saturated rings. The maximum absolute atomic E-state index is 10.9. The summed E-state index contributed by atoms with van der Waals surface area (Å²) in [6.45, 7) is 3.69. The number of nitriles is 1. The first kappa shape index (κ1) is 13.4. The molecule has 0 amide bonds. The summed E-state index contributed by atoms with van der Waals surface area (Å²) >= 11 is 1.12. The quantitative estimate of drug-likeness (QED) is 0.467. The van der Waals surface area contributed by atoms with Crippen molar-refractivity contribution in [2.24, 2.45) is 0 Å². The molecule has 0 heterocycles. The molecule has 0 aromatic heterocycles. The lowest BCUT2D eigenvalue weighted by molar-refractivity contribution is -0.142. The molecule has 0 aliphatic carbocycles. The van der Waals surface area contributed by atoms with Gasteiger partial charge >= 0.3 is 5.97 Å². The van der Waals surface area contributed by atoms with Crippen LogP contribution < -0.4 is 4.74 Å². The molecule has 0 N–H and O–H groups in total. The highest BCUT2D eigenvalue weighted by Crippen LogP contribution is 2.29. The Labute approximate surface area is 105 Å². The summed E-state index contributed by atoms with van der Waals surface area (Å²) in [5.41, 5.74) is 1.91. The molecule has 0 bridgehead atoms. The Morgan fingerprint density at radius 3 is 2.47 bits per heavy atom. The number of benzene rings is 1. The molecular formula is C12H13NO3S. The number of carbonyl (C=O) groups excluding carboxylic acids is 1. The van der Waals surface area contributed by atoms with E-state index in [0.717, 1.165) is 27.8 Å². The topological polar surface area (TPSA) is 59.3 Å². The molecule has 0 saturated heterocycles. The summed E-state index contributed by atoms with van der Waals surface area (Å²) in [6, 6.07) is 3.60. The van der Waals surface area contributed by atoms with Gasteiger partial charge in [0.1, 0.15) is 11.2 Å². The van der Waals surface area contributed by atoms with Crippen LogP contribution in [0.25, 0.3) is 0 Å². The lowest BCUT2D eigenvalue weighted by Crippen LogP contribution is -2.12. The van der Waals surface area contributed by atoms with Crippen LogP contribution in [0.4, 0.5) is 0 Å². The maximum atomic E-state index is 10.9. The van der Waals surface area contributed by atoms with Gasteiger partial charge in [-0.05, 0) is 48.9 Å². The van der Waals surface area contributed by atoms with E-state index >= 15 is 0 Å². The fraction of sp³-hybridized carbons (Fsp3) is 0.333. The van der Waals surface area contributed by atoms with E-state index in [1.54, 1.807) is 12.1 Å². The van der Waals surface area contributed by atoms with Crippen molar-refractivity contribution >= 4 is 17.7 Å². The summed E-state index contributed by atoms with van der Waals surface area (Å²) in [5, 5.41) is 10.7. The van der Waals surface area contributed by atoms with Crippen molar-refractivity contribution in [1.29, 1.82) is 5.26 Å². The first-order valence-electron chi connectivity index (χ1n) is 4.95. The Balaban J connectivity index is 2.84. The van der Waals surface area contributed by atoms with Crippen molar-refractivity contribution in [3.8, 4) is 11.2 Å². The van der Waals surface area contributed by atoms with Gasteiger partial charge in [0.05, 0.1) is 7.11 Å². The molecular weight excluding hydrogens is 238 g/mol. The molecule has 0 aliphatic heterocycles. The van der Waals surface area contributed by atoms with E-state index in [4.69, 9.17) is 10.00 Å². The van der Waals surface area contributed by atoms with E-state index in [0.29, 0.717) is 5.75 Å². The number of esters is 1. The second-order valence-electron chi connectivity index (χ2n) is 3.44. The number of nitrogens with zero attached hydrogens (tertiary/aromatic N) is 1. The summed E-state index contributed by atoms with van der Waals surface area (Å²) < 4.78 is 9.77. The first-order chi connectivity index (χ1) is 8.08. The summed E-state index contributed by atoms with van der Waals surface area (Å²) in [6.07, 6.45) is 0. The van der Waals surface area contributed by atoms with E-state index in [-0.39, 0.29) is 6.61 Å². The molecule has 4 nitrogen and oxygen atoms in total. The van der Waals surface area contributed by atoms with E-state index in [2.05, 4.69) is 4.74 Å². The molecule has 0 aliphatic rings. The van der Waals surface area contributed by atoms with Crippen LogP contribution >= 0.6 is 11.8 Å². The zero-order valence-corrected chi connectivity index (χ0v) is 10.8. The Hall–Kier alpha value is -1.67. The highest BCUT2D eigenvalue weighted by Gasteiger charge is 2.08. The molecule has 17 heavy (non-hydrogen) atoms. The third-order valence-corrected chi connectivity index (χ3v) is 3.11. The first-order valence-corrected chi connectivity index (χ1v) is 5.77. The number of methoxy groups -OCH3 is 1. The zero-order valence-electron chi connectivity index (χ0n) is 9.94. The third-order valence-electron chi connectivity index (χ3n) is 2.17. The van der Waals surface area contributed by atoms with Gasteiger partial charge in [0.25, 0.3) is 0 Å². The van der Waals surface area contributed by atoms with E-state index in [1.165, 1.54) is 7.11 Å². The van der Waals surface area contributed by atoms with Gasteiger partial charge in [0.2, 0.25) is 0 Å². The average Bonchev–Trinajstić information content (AvgIpc) is 2.30. The third kappa shape index (κ3) is 3.68. The standard InChI is InChI=1S/C12H13NO3S/c1-8-4-10(16-6-11(14)15-3)5-9(2)12(8)17-7-13/h4-5H,6H2,1-3H3. The monoisotopic (exact) mass is 251 g/mol. The second-order valence-corrected chi connectivity index (χ2v) is 4.24. The minimum atomic E-state index is -0.421. The molecule has 1 aromatic carbocycles. The number of hydrogen-bond acceptors (Lipinski definition) is 5. The van der Waals surface area contributed by atoms with Gasteiger partial charge in [-0.1, -0.05) is 0 Å². The Morgan fingerprint density at radius 1 is 1.41 bits per heavy atom. The summed E-state index contributed by atoms with van der Waals surface area (Å²) in [7, 11) is 1.31. The van der Waals surface area contributed by atoms with Crippen LogP contribution in [0.3, 0.4) is 0 Å². The van der Waals surface area contributed by atoms with Gasteiger partial charge in [0.15, 0.2) is 6.61 Å². The number of rotatable bonds is 4. The van der Waals surface area contributed by atoms with Crippen LogP contribution in [0.1, 0.15) is 11.1 Å². The molecule has 0 saturated carbocycles. The van der Waals surface area contributed by atoms with E-state index < -0.39 is 5.97 Å². The number of thioether (sulfide) groups is 1. The fourth-order valence-electron chi connectivity index (χ4n) is 1.40. The van der Waals surface area contributed by atoms with E-state index in [9.17, 15) is 4.79 Å². The molecule has 0 unspecified atom stereocenters. The number of aryl methyl sites for hydroxylation is 2. The Bertz CT molecular complexity index is 442. The molecule has 0 spiro atoms. The molecule has 0 radical (unpaired) electrons. The van der Waals surface area contributed by atoms with Crippen molar-refractivity contribution < 1.29 is 14.3 Å². The van der Waals surface area contributed by atoms with Crippen molar-refractivity contribution in [1.82, 2.24) is 0 Å². The number of ether oxygens (including phenoxy) is 2. The van der Waals surface area contributed by atoms with Gasteiger partial charge in [0, 0.05) is 4.90 Å². The normalized spacial score (nSPS) is 9.53. The number of thiocyanates is 1. The van der Waals surface area contributed by atoms with Crippen molar-refractivity contribution in [3.05, 3.63) is 23.3 Å². The predicted octanol–water partition coefficient (Wildman–Crippen LogP) is 2.43. The summed E-state index contributed by atoms with van der Waals surface area (Å²) in [4.78, 5) is 11.9. The summed E-state index contributed by atoms with van der Waals surface area (Å²) in [5.74, 6) is 0.184. The SMILES string of the molecule is COC(=O)COc1cc(C)c(SC#N)c(C)c1. The van der Waals surface area contributed by atoms with Crippen molar-refractivity contribution in [3.63, 3.8) is 0 Å². The maximum Gasteiger partial charge on any atom is 0.343 e. The van der Waals surface area contributed by atoms with Crippen LogP contribution in [0.2, 0.25) is 0 Å². The van der Waals surface area contributed by atoms with Crippen LogP contribution in [0.15, 0.2) is 17.0 Å². The minimum absolute atomic E-state index is 0.111. The highest BCUT2D eigenvalue weighted by atomic mass is 32.2. The van der Waals surface area contributed by atoms with Crippen LogP contribution in [-0.4, -0.2) is 19.7 Å². The van der Waals surface area contributed by atoms with Gasteiger partial charge in [-0.2, -0.15) is 5.26 Å². The molecule has 1 rings (SSSR count). The smallest absolute Gasteiger partial charge is 0.343 e. The lowest BCUT2D eigenvalue weighted by Gasteiger charge is -2.10. The lowest BCUT2D eigenvalue weighted by atomic mass is 10.1. The van der Waals surface area contributed by atoms with Crippen LogP contribution in [0, 0.1) is 24.5 Å². The number of hydrogen-bond donors (Lipinski definition) is 0. The van der Waals surface area contributed by atoms with Gasteiger partial charge in [-0.25, -0.2) is 4.79 Å². The second kappa shape index (κ2) is 6.16. The molecule has 90 valence electrons. The van der Waals surface area contributed by atoms with Crippen molar-refractivity contribution in [2.75, 3.05) is 13.7 Å². The average molecular weight is 251 g/mol. The highest BCUT2D eigenvalue weighted by molar-refractivity contribution is 8.03. The minimum Gasteiger partial charge on any atom is -0.482 e. The predicted molar refractivity (Wildman–Crippen MR) is 64.9 cm³/mol. The van der Waals surface area contributed by atoms with Gasteiger partial charge in [-0.15, -0.1) is 0 Å². The van der Waals surface area contributed by atoms with E-state index in [1.807, 2.05) is 19.2 Å². The molecule has 5 heteroatoms. The Kier molecular flexibility index (Phi) is 4.85. The van der Waals surface area contributed by atoms with Crippen molar-refractivity contribution in [2.45, 2.75) is 18.7 Å². The molecule has 0 atom stereocenters. The number of carbonyl (C=O) groups is 1. The van der Waals surface area contributed by atoms with Gasteiger partial charge < -0.3 is 9.47 Å². The van der Waals surface area contributed by atoms with Gasteiger partial charge in [-0.3, -0.25) is 0 Å². The van der Waals surface area contributed by atoms with Crippen LogP contribution in [0.5, 0.6) is 5.75 Å². The fourth-order valence-corrected chi connectivity index (χ4v) is 1.93. The largest absolute Gasteiger partial charge is 0.482 e.